The van der Waals surface area contributed by atoms with Crippen molar-refractivity contribution in [3.05, 3.63) is 0 Å². The lowest BCUT2D eigenvalue weighted by atomic mass is 10.4. The van der Waals surface area contributed by atoms with E-state index in [-0.39, 0.29) is 5.48 Å². The van der Waals surface area contributed by atoms with Gasteiger partial charge in [-0.1, -0.05) is 13.8 Å². The Morgan fingerprint density at radius 2 is 1.90 bits per heavy atom. The van der Waals surface area contributed by atoms with Crippen LogP contribution in [0.4, 0.5) is 0 Å². The SMILES string of the molecule is CCN(CC)CC1CO1.O. The van der Waals surface area contributed by atoms with Crippen LogP contribution in [0.5, 0.6) is 0 Å². The minimum Gasteiger partial charge on any atom is -0.412 e. The summed E-state index contributed by atoms with van der Waals surface area (Å²) in [6.07, 6.45) is 0.560. The first-order valence-electron chi connectivity index (χ1n) is 3.70. The summed E-state index contributed by atoms with van der Waals surface area (Å²) < 4.78 is 5.10. The normalized spacial score (nSPS) is 22.5. The van der Waals surface area contributed by atoms with Gasteiger partial charge < -0.3 is 15.1 Å². The quantitative estimate of drug-likeness (QED) is 0.521. The number of likely N-dealkylation sites (N-methyl/N-ethyl adjacent to an activating group) is 1. The van der Waals surface area contributed by atoms with Crippen LogP contribution in [-0.4, -0.2) is 42.7 Å². The summed E-state index contributed by atoms with van der Waals surface area (Å²) in [5, 5.41) is 0. The van der Waals surface area contributed by atoms with Crippen LogP contribution in [0.15, 0.2) is 0 Å². The molecule has 62 valence electrons. The van der Waals surface area contributed by atoms with Gasteiger partial charge in [0.05, 0.1) is 12.7 Å². The fraction of sp³-hybridized carbons (Fsp3) is 1.00. The molecular weight excluding hydrogens is 130 g/mol. The fourth-order valence-electron chi connectivity index (χ4n) is 0.943. The largest absolute Gasteiger partial charge is 0.412 e. The first-order chi connectivity index (χ1) is 4.36. The van der Waals surface area contributed by atoms with E-state index < -0.39 is 0 Å². The standard InChI is InChI=1S/C7H15NO.H2O/c1-3-8(4-2)5-7-6-9-7;/h7H,3-6H2,1-2H3;1H2. The van der Waals surface area contributed by atoms with Crippen molar-refractivity contribution in [3.8, 4) is 0 Å². The Bertz CT molecular complexity index is 79.7. The summed E-state index contributed by atoms with van der Waals surface area (Å²) in [6, 6.07) is 0. The lowest BCUT2D eigenvalue weighted by molar-refractivity contribution is 0.263. The highest BCUT2D eigenvalue weighted by molar-refractivity contribution is 4.72. The van der Waals surface area contributed by atoms with Crippen LogP contribution in [0, 0.1) is 0 Å². The molecule has 0 radical (unpaired) electrons. The van der Waals surface area contributed by atoms with E-state index in [1.807, 2.05) is 0 Å². The zero-order valence-electron chi connectivity index (χ0n) is 6.76. The fourth-order valence-corrected chi connectivity index (χ4v) is 0.943. The second kappa shape index (κ2) is 4.66. The van der Waals surface area contributed by atoms with Gasteiger partial charge in [-0.25, -0.2) is 0 Å². The monoisotopic (exact) mass is 147 g/mol. The third kappa shape index (κ3) is 3.15. The molecule has 0 bridgehead atoms. The number of ether oxygens (including phenoxy) is 1. The van der Waals surface area contributed by atoms with Gasteiger partial charge in [-0.15, -0.1) is 0 Å². The van der Waals surface area contributed by atoms with Crippen LogP contribution in [0.3, 0.4) is 0 Å². The molecule has 1 atom stereocenters. The maximum Gasteiger partial charge on any atom is 0.0936 e. The summed E-state index contributed by atoms with van der Waals surface area (Å²) >= 11 is 0. The van der Waals surface area contributed by atoms with Gasteiger partial charge in [0, 0.05) is 6.54 Å². The van der Waals surface area contributed by atoms with Crippen molar-refractivity contribution in [2.75, 3.05) is 26.2 Å². The minimum atomic E-state index is 0. The van der Waals surface area contributed by atoms with Crippen molar-refractivity contribution < 1.29 is 10.2 Å². The summed E-state index contributed by atoms with van der Waals surface area (Å²) in [5.41, 5.74) is 0. The average Bonchev–Trinajstić information content (AvgIpc) is 2.66. The van der Waals surface area contributed by atoms with Crippen LogP contribution in [0.2, 0.25) is 0 Å². The molecule has 1 rings (SSSR count). The average molecular weight is 147 g/mol. The molecule has 1 aliphatic heterocycles. The number of hydrogen-bond acceptors (Lipinski definition) is 2. The van der Waals surface area contributed by atoms with Gasteiger partial charge in [-0.3, -0.25) is 0 Å². The zero-order chi connectivity index (χ0) is 6.69. The van der Waals surface area contributed by atoms with Crippen LogP contribution in [0.25, 0.3) is 0 Å². The summed E-state index contributed by atoms with van der Waals surface area (Å²) in [7, 11) is 0. The van der Waals surface area contributed by atoms with E-state index in [4.69, 9.17) is 4.74 Å². The molecule has 0 aliphatic carbocycles. The summed E-state index contributed by atoms with van der Waals surface area (Å²) in [4.78, 5) is 2.39. The van der Waals surface area contributed by atoms with Crippen LogP contribution >= 0.6 is 0 Å². The molecule has 1 unspecified atom stereocenters. The van der Waals surface area contributed by atoms with Crippen molar-refractivity contribution in [1.29, 1.82) is 0 Å². The molecule has 0 spiro atoms. The molecule has 1 heterocycles. The number of nitrogens with zero attached hydrogens (tertiary/aromatic N) is 1. The lowest BCUT2D eigenvalue weighted by Crippen LogP contribution is -2.27. The zero-order valence-corrected chi connectivity index (χ0v) is 6.76. The first-order valence-corrected chi connectivity index (χ1v) is 3.70. The molecule has 3 heteroatoms. The topological polar surface area (TPSA) is 47.3 Å². The molecule has 0 aromatic heterocycles. The number of epoxide rings is 1. The molecule has 10 heavy (non-hydrogen) atoms. The predicted octanol–water partition coefficient (Wildman–Crippen LogP) is -0.0977. The molecule has 2 N–H and O–H groups in total. The second-order valence-electron chi connectivity index (χ2n) is 2.44. The van der Waals surface area contributed by atoms with Crippen LogP contribution < -0.4 is 0 Å². The highest BCUT2D eigenvalue weighted by Gasteiger charge is 2.23. The Labute approximate surface area is 62.3 Å². The Kier molecular flexibility index (Phi) is 4.60. The van der Waals surface area contributed by atoms with E-state index >= 15 is 0 Å². The molecule has 0 aromatic carbocycles. The van der Waals surface area contributed by atoms with Crippen molar-refractivity contribution in [2.45, 2.75) is 20.0 Å². The molecule has 1 fully saturated rings. The Hall–Kier alpha value is -0.120. The molecule has 0 amide bonds. The van der Waals surface area contributed by atoms with E-state index in [1.165, 1.54) is 0 Å². The van der Waals surface area contributed by atoms with Crippen molar-refractivity contribution in [1.82, 2.24) is 4.90 Å². The number of rotatable bonds is 4. The van der Waals surface area contributed by atoms with E-state index in [9.17, 15) is 0 Å². The van der Waals surface area contributed by atoms with Gasteiger partial charge in [-0.2, -0.15) is 0 Å². The highest BCUT2D eigenvalue weighted by atomic mass is 16.6. The smallest absolute Gasteiger partial charge is 0.0936 e. The van der Waals surface area contributed by atoms with Crippen LogP contribution in [0.1, 0.15) is 13.8 Å². The molecule has 0 aromatic rings. The van der Waals surface area contributed by atoms with Gasteiger partial charge in [0.2, 0.25) is 0 Å². The Morgan fingerprint density at radius 1 is 1.40 bits per heavy atom. The lowest BCUT2D eigenvalue weighted by Gasteiger charge is -2.15. The maximum atomic E-state index is 5.10. The molecule has 3 nitrogen and oxygen atoms in total. The van der Waals surface area contributed by atoms with Gasteiger partial charge in [0.1, 0.15) is 0 Å². The van der Waals surface area contributed by atoms with Gasteiger partial charge in [-0.05, 0) is 13.1 Å². The van der Waals surface area contributed by atoms with Gasteiger partial charge >= 0.3 is 0 Å². The molecule has 0 saturated carbocycles. The molecular formula is C7H17NO2. The van der Waals surface area contributed by atoms with Crippen LogP contribution in [-0.2, 0) is 4.74 Å². The Morgan fingerprint density at radius 3 is 2.20 bits per heavy atom. The second-order valence-corrected chi connectivity index (χ2v) is 2.44. The first kappa shape index (κ1) is 9.88. The van der Waals surface area contributed by atoms with Gasteiger partial charge in [0.25, 0.3) is 0 Å². The van der Waals surface area contributed by atoms with E-state index in [0.29, 0.717) is 6.10 Å². The van der Waals surface area contributed by atoms with E-state index in [1.54, 1.807) is 0 Å². The van der Waals surface area contributed by atoms with Crippen molar-refractivity contribution in [3.63, 3.8) is 0 Å². The highest BCUT2D eigenvalue weighted by Crippen LogP contribution is 2.09. The third-order valence-electron chi connectivity index (χ3n) is 1.76. The Balaban J connectivity index is 0.000000810. The van der Waals surface area contributed by atoms with E-state index in [0.717, 1.165) is 26.2 Å². The van der Waals surface area contributed by atoms with Crippen molar-refractivity contribution >= 4 is 0 Å². The van der Waals surface area contributed by atoms with Gasteiger partial charge in [0.15, 0.2) is 0 Å². The molecule has 1 saturated heterocycles. The summed E-state index contributed by atoms with van der Waals surface area (Å²) in [5.74, 6) is 0. The third-order valence-corrected chi connectivity index (χ3v) is 1.76. The van der Waals surface area contributed by atoms with Crippen molar-refractivity contribution in [2.24, 2.45) is 0 Å². The maximum absolute atomic E-state index is 5.10. The predicted molar refractivity (Wildman–Crippen MR) is 41.1 cm³/mol. The number of hydrogen-bond donors (Lipinski definition) is 0. The van der Waals surface area contributed by atoms with E-state index in [2.05, 4.69) is 18.7 Å². The summed E-state index contributed by atoms with van der Waals surface area (Å²) in [6.45, 7) is 8.79. The minimum absolute atomic E-state index is 0. The molecule has 1 aliphatic rings.